The minimum atomic E-state index is -0.450. The van der Waals surface area contributed by atoms with E-state index < -0.39 is 11.1 Å². The summed E-state index contributed by atoms with van der Waals surface area (Å²) in [5.74, 6) is -0.828. The summed E-state index contributed by atoms with van der Waals surface area (Å²) in [5.41, 5.74) is 9.28. The molecular weight excluding hydrogens is 489 g/mol. The van der Waals surface area contributed by atoms with Crippen molar-refractivity contribution in [2.24, 2.45) is 5.73 Å². The number of thioether (sulfide) groups is 1. The van der Waals surface area contributed by atoms with Gasteiger partial charge < -0.3 is 10.6 Å². The first-order chi connectivity index (χ1) is 16.4. The lowest BCUT2D eigenvalue weighted by Gasteiger charge is -2.33. The van der Waals surface area contributed by atoms with Gasteiger partial charge in [-0.3, -0.25) is 19.9 Å². The predicted molar refractivity (Wildman–Crippen MR) is 138 cm³/mol. The molecule has 2 aromatic carbocycles. The number of carbonyl (C=O) groups excluding carboxylic acids is 2. The fourth-order valence-electron chi connectivity index (χ4n) is 4.42. The molecule has 35 heavy (non-hydrogen) atoms. The Balaban J connectivity index is 0.00000289. The second kappa shape index (κ2) is 10.0. The van der Waals surface area contributed by atoms with E-state index in [4.69, 9.17) is 5.73 Å². The monoisotopic (exact) mass is 509 g/mol. The van der Waals surface area contributed by atoms with E-state index in [-0.39, 0.29) is 29.2 Å². The van der Waals surface area contributed by atoms with Crippen LogP contribution in [0.4, 0.5) is 14.9 Å². The quantitative estimate of drug-likeness (QED) is 0.497. The molecule has 2 amide bonds. The predicted octanol–water partition coefficient (Wildman–Crippen LogP) is 4.59. The van der Waals surface area contributed by atoms with Crippen LogP contribution in [0.2, 0.25) is 0 Å². The molecule has 2 aliphatic rings. The molecule has 178 valence electrons. The molecule has 0 unspecified atom stereocenters. The maximum atomic E-state index is 15.2. The number of nitrogens with zero attached hydrogens (tertiary/aromatic N) is 3. The molecule has 3 aromatic rings. The molecule has 5 rings (SSSR count). The molecule has 2 aliphatic heterocycles. The third-order valence-corrected chi connectivity index (χ3v) is 6.80. The largest absolute Gasteiger partial charge is 0.368 e. The Morgan fingerprint density at radius 2 is 2.09 bits per heavy atom. The van der Waals surface area contributed by atoms with Crippen molar-refractivity contribution < 1.29 is 14.0 Å². The van der Waals surface area contributed by atoms with Gasteiger partial charge in [-0.2, -0.15) is 5.26 Å². The molecule has 1 atom stereocenters. The Kier molecular flexibility index (Phi) is 7.08. The van der Waals surface area contributed by atoms with Crippen LogP contribution in [-0.4, -0.2) is 35.3 Å². The molecule has 2 saturated heterocycles. The SMILES string of the molecule is Cl.N#Cc1cnc2ccc(C=C3SC(=O)NC3=O)cc2c1-c1ccc(N2CCC[C@H](N)C2)c(F)c1. The number of imide groups is 1. The van der Waals surface area contributed by atoms with Gasteiger partial charge in [-0.1, -0.05) is 12.1 Å². The van der Waals surface area contributed by atoms with Crippen LogP contribution in [0.15, 0.2) is 47.5 Å². The van der Waals surface area contributed by atoms with Gasteiger partial charge in [-0.05, 0) is 66.1 Å². The van der Waals surface area contributed by atoms with Gasteiger partial charge in [0.15, 0.2) is 0 Å². The van der Waals surface area contributed by atoms with Crippen molar-refractivity contribution in [3.8, 4) is 17.2 Å². The average Bonchev–Trinajstić information content (AvgIpc) is 3.14. The molecule has 0 radical (unpaired) electrons. The number of benzene rings is 2. The molecule has 1 aromatic heterocycles. The molecule has 2 fully saturated rings. The molecule has 0 spiro atoms. The number of anilines is 1. The Morgan fingerprint density at radius 3 is 2.77 bits per heavy atom. The second-order valence-corrected chi connectivity index (χ2v) is 9.32. The Labute approximate surface area is 211 Å². The lowest BCUT2D eigenvalue weighted by molar-refractivity contribution is -0.115. The van der Waals surface area contributed by atoms with Gasteiger partial charge in [-0.25, -0.2) is 4.39 Å². The highest BCUT2D eigenvalue weighted by atomic mass is 35.5. The van der Waals surface area contributed by atoms with Gasteiger partial charge in [0.1, 0.15) is 11.9 Å². The Bertz CT molecular complexity index is 1420. The first-order valence-electron chi connectivity index (χ1n) is 10.8. The van der Waals surface area contributed by atoms with Crippen LogP contribution in [0.25, 0.3) is 28.1 Å². The topological polar surface area (TPSA) is 112 Å². The van der Waals surface area contributed by atoms with E-state index in [1.165, 1.54) is 12.3 Å². The number of pyridine rings is 1. The summed E-state index contributed by atoms with van der Waals surface area (Å²) < 4.78 is 15.2. The number of rotatable bonds is 3. The maximum Gasteiger partial charge on any atom is 0.290 e. The summed E-state index contributed by atoms with van der Waals surface area (Å²) in [5, 5.41) is 12.2. The van der Waals surface area contributed by atoms with Crippen LogP contribution in [0.1, 0.15) is 24.0 Å². The highest BCUT2D eigenvalue weighted by Crippen LogP contribution is 2.35. The number of amides is 2. The Hall–Kier alpha value is -3.45. The van der Waals surface area contributed by atoms with E-state index in [0.717, 1.165) is 31.1 Å². The van der Waals surface area contributed by atoms with Crippen LogP contribution >= 0.6 is 24.2 Å². The molecule has 10 heteroatoms. The summed E-state index contributed by atoms with van der Waals surface area (Å²) in [6.45, 7) is 1.35. The van der Waals surface area contributed by atoms with Crippen molar-refractivity contribution in [3.05, 3.63) is 64.4 Å². The van der Waals surface area contributed by atoms with E-state index in [9.17, 15) is 14.9 Å². The second-order valence-electron chi connectivity index (χ2n) is 8.30. The summed E-state index contributed by atoms with van der Waals surface area (Å²) in [7, 11) is 0. The van der Waals surface area contributed by atoms with E-state index in [1.54, 1.807) is 36.4 Å². The normalized spacial score (nSPS) is 18.9. The van der Waals surface area contributed by atoms with Gasteiger partial charge in [-0.15, -0.1) is 12.4 Å². The number of fused-ring (bicyclic) bond motifs is 1. The fourth-order valence-corrected chi connectivity index (χ4v) is 5.10. The third kappa shape index (κ3) is 4.86. The van der Waals surface area contributed by atoms with Crippen molar-refractivity contribution in [1.29, 1.82) is 5.26 Å². The number of piperidine rings is 1. The van der Waals surface area contributed by atoms with Crippen LogP contribution in [0.3, 0.4) is 0 Å². The number of hydrogen-bond donors (Lipinski definition) is 2. The summed E-state index contributed by atoms with van der Waals surface area (Å²) >= 11 is 0.830. The number of nitrogens with one attached hydrogen (secondary N) is 1. The lowest BCUT2D eigenvalue weighted by atomic mass is 9.95. The van der Waals surface area contributed by atoms with Gasteiger partial charge in [0.25, 0.3) is 11.1 Å². The van der Waals surface area contributed by atoms with Gasteiger partial charge in [0, 0.05) is 36.3 Å². The first-order valence-corrected chi connectivity index (χ1v) is 11.6. The summed E-state index contributed by atoms with van der Waals surface area (Å²) in [6, 6.07) is 12.5. The molecule has 7 nitrogen and oxygen atoms in total. The molecular formula is C25H21ClFN5O2S. The average molecular weight is 510 g/mol. The van der Waals surface area contributed by atoms with Crippen molar-refractivity contribution >= 4 is 58.0 Å². The summed E-state index contributed by atoms with van der Waals surface area (Å²) in [4.78, 5) is 30.0. The zero-order valence-corrected chi connectivity index (χ0v) is 20.1. The molecule has 0 aliphatic carbocycles. The van der Waals surface area contributed by atoms with E-state index in [1.807, 2.05) is 4.90 Å². The van der Waals surface area contributed by atoms with Crippen molar-refractivity contribution in [1.82, 2.24) is 10.3 Å². The standard InChI is InChI=1S/C25H20FN5O2S.ClH/c26-19-10-15(4-6-21(19)31-7-1-2-17(28)13-31)23-16(11-27)12-29-20-5-3-14(8-18(20)23)9-22-24(32)30-25(33)34-22;/h3-6,8-10,12,17H,1-2,7,13,28H2,(H,30,32,33);1H/t17-;/m0./s1. The minimum Gasteiger partial charge on any atom is -0.368 e. The zero-order valence-electron chi connectivity index (χ0n) is 18.5. The highest BCUT2D eigenvalue weighted by molar-refractivity contribution is 8.18. The smallest absolute Gasteiger partial charge is 0.290 e. The maximum absolute atomic E-state index is 15.2. The number of carbonyl (C=O) groups is 2. The Morgan fingerprint density at radius 1 is 1.26 bits per heavy atom. The number of halogens is 2. The van der Waals surface area contributed by atoms with Gasteiger partial charge in [0.05, 0.1) is 21.7 Å². The molecule has 0 bridgehead atoms. The van der Waals surface area contributed by atoms with Crippen LogP contribution in [0, 0.1) is 17.1 Å². The fraction of sp³-hybridized carbons (Fsp3) is 0.200. The molecule has 3 N–H and O–H groups in total. The number of aromatic nitrogens is 1. The summed E-state index contributed by atoms with van der Waals surface area (Å²) in [6.07, 6.45) is 4.92. The first kappa shape index (κ1) is 24.7. The molecule has 0 saturated carbocycles. The molecule has 3 heterocycles. The van der Waals surface area contributed by atoms with Crippen LogP contribution in [0.5, 0.6) is 0 Å². The van der Waals surface area contributed by atoms with E-state index in [2.05, 4.69) is 16.4 Å². The van der Waals surface area contributed by atoms with Crippen molar-refractivity contribution in [3.63, 3.8) is 0 Å². The van der Waals surface area contributed by atoms with Crippen molar-refractivity contribution in [2.45, 2.75) is 18.9 Å². The number of nitrogens with two attached hydrogens (primary N) is 1. The van der Waals surface area contributed by atoms with Crippen molar-refractivity contribution in [2.75, 3.05) is 18.0 Å². The lowest BCUT2D eigenvalue weighted by Crippen LogP contribution is -2.43. The van der Waals surface area contributed by atoms with Gasteiger partial charge >= 0.3 is 0 Å². The zero-order chi connectivity index (χ0) is 23.8. The third-order valence-electron chi connectivity index (χ3n) is 5.99. The highest BCUT2D eigenvalue weighted by Gasteiger charge is 2.25. The van der Waals surface area contributed by atoms with Crippen LogP contribution < -0.4 is 16.0 Å². The van der Waals surface area contributed by atoms with Gasteiger partial charge in [0.2, 0.25) is 0 Å². The van der Waals surface area contributed by atoms with E-state index >= 15 is 4.39 Å². The number of nitriles is 1. The minimum absolute atomic E-state index is 0. The van der Waals surface area contributed by atoms with E-state index in [0.29, 0.717) is 45.4 Å². The number of hydrogen-bond acceptors (Lipinski definition) is 7. The van der Waals surface area contributed by atoms with Crippen LogP contribution in [-0.2, 0) is 4.79 Å².